The quantitative estimate of drug-likeness (QED) is 0.539. The van der Waals surface area contributed by atoms with Crippen LogP contribution >= 0.6 is 0 Å². The molecule has 0 aliphatic heterocycles. The highest BCUT2D eigenvalue weighted by Gasteiger charge is 2.62. The molecule has 0 aliphatic rings. The Balaban J connectivity index is 2.19. The monoisotopic (exact) mass is 376 g/mol. The molecule has 142 valence electrons. The number of hydrogen-bond acceptors (Lipinski definition) is 3. The highest BCUT2D eigenvalue weighted by Crippen LogP contribution is 2.39. The van der Waals surface area contributed by atoms with Crippen LogP contribution in [0.25, 0.3) is 10.8 Å². The Hall–Kier alpha value is -2.38. The van der Waals surface area contributed by atoms with Gasteiger partial charge in [0.15, 0.2) is 6.10 Å². The van der Waals surface area contributed by atoms with Crippen LogP contribution in [-0.2, 0) is 9.53 Å². The fourth-order valence-corrected chi connectivity index (χ4v) is 2.36. The van der Waals surface area contributed by atoms with Crippen LogP contribution in [0.3, 0.4) is 0 Å². The molecular formula is C18H17F5O3. The molecule has 2 aromatic rings. The normalized spacial score (nSPS) is 14.8. The molecule has 8 heteroatoms. The van der Waals surface area contributed by atoms with Gasteiger partial charge in [0.25, 0.3) is 0 Å². The minimum absolute atomic E-state index is 0.440. The van der Waals surface area contributed by atoms with Crippen molar-refractivity contribution in [3.63, 3.8) is 0 Å². The molecule has 0 saturated carbocycles. The lowest BCUT2D eigenvalue weighted by molar-refractivity contribution is -0.311. The van der Waals surface area contributed by atoms with Gasteiger partial charge in [-0.3, -0.25) is 4.79 Å². The number of methoxy groups -OCH3 is 1. The summed E-state index contributed by atoms with van der Waals surface area (Å²) in [5.74, 6) is -6.65. The molecule has 3 nitrogen and oxygen atoms in total. The summed E-state index contributed by atoms with van der Waals surface area (Å²) in [6, 6.07) is 10.2. The predicted octanol–water partition coefficient (Wildman–Crippen LogP) is 5.08. The van der Waals surface area contributed by atoms with Crippen molar-refractivity contribution < 1.29 is 36.2 Å². The molecule has 0 aromatic heterocycles. The lowest BCUT2D eigenvalue weighted by Crippen LogP contribution is -2.47. The smallest absolute Gasteiger partial charge is 0.457 e. The van der Waals surface area contributed by atoms with Crippen LogP contribution in [0, 0.1) is 0 Å². The average molecular weight is 376 g/mol. The molecule has 0 aliphatic carbocycles. The van der Waals surface area contributed by atoms with Gasteiger partial charge >= 0.3 is 18.1 Å². The topological polar surface area (TPSA) is 35.5 Å². The molecule has 1 unspecified atom stereocenters. The van der Waals surface area contributed by atoms with Crippen LogP contribution in [-0.4, -0.2) is 31.3 Å². The van der Waals surface area contributed by atoms with Gasteiger partial charge in [-0.15, -0.1) is 0 Å². The van der Waals surface area contributed by atoms with Gasteiger partial charge in [-0.1, -0.05) is 24.3 Å². The minimum atomic E-state index is -5.79. The summed E-state index contributed by atoms with van der Waals surface area (Å²) >= 11 is 0. The fraction of sp³-hybridized carbons (Fsp3) is 0.389. The molecule has 0 N–H and O–H groups in total. The van der Waals surface area contributed by atoms with Crippen molar-refractivity contribution in [2.45, 2.75) is 38.0 Å². The zero-order valence-corrected chi connectivity index (χ0v) is 14.2. The molecule has 0 amide bonds. The number of fused-ring (bicyclic) bond motifs is 1. The van der Waals surface area contributed by atoms with E-state index >= 15 is 0 Å². The molecule has 2 atom stereocenters. The lowest BCUT2D eigenvalue weighted by atomic mass is 9.97. The molecule has 0 heterocycles. The molecule has 0 bridgehead atoms. The first kappa shape index (κ1) is 19.9. The van der Waals surface area contributed by atoms with Gasteiger partial charge in [-0.25, -0.2) is 0 Å². The second kappa shape index (κ2) is 7.09. The summed E-state index contributed by atoms with van der Waals surface area (Å²) in [6.07, 6.45) is -8.42. The van der Waals surface area contributed by atoms with E-state index in [0.29, 0.717) is 18.2 Å². The SMILES string of the molecule is COc1ccc2cc(C(C)C(=O)O[C@@H](C)C(F)(F)C(F)(F)F)ccc2c1. The second-order valence-electron chi connectivity index (χ2n) is 5.89. The van der Waals surface area contributed by atoms with E-state index in [1.165, 1.54) is 14.0 Å². The fourth-order valence-electron chi connectivity index (χ4n) is 2.36. The number of rotatable bonds is 5. The molecule has 2 rings (SSSR count). The number of halogens is 5. The molecule has 2 aromatic carbocycles. The number of hydrogen-bond donors (Lipinski definition) is 0. The first-order valence-corrected chi connectivity index (χ1v) is 7.70. The maximum atomic E-state index is 13.2. The van der Waals surface area contributed by atoms with Crippen molar-refractivity contribution in [3.8, 4) is 5.75 Å². The summed E-state index contributed by atoms with van der Waals surface area (Å²) < 4.78 is 72.9. The largest absolute Gasteiger partial charge is 0.497 e. The zero-order valence-electron chi connectivity index (χ0n) is 14.2. The third-order valence-electron chi connectivity index (χ3n) is 4.11. The van der Waals surface area contributed by atoms with E-state index in [9.17, 15) is 26.7 Å². The van der Waals surface area contributed by atoms with Gasteiger partial charge in [0.2, 0.25) is 0 Å². The maximum Gasteiger partial charge on any atom is 0.457 e. The summed E-state index contributed by atoms with van der Waals surface area (Å²) in [5, 5.41) is 1.59. The summed E-state index contributed by atoms with van der Waals surface area (Å²) in [6.45, 7) is 1.90. The van der Waals surface area contributed by atoms with E-state index in [1.54, 1.807) is 36.4 Å². The van der Waals surface area contributed by atoms with Crippen LogP contribution in [0.2, 0.25) is 0 Å². The van der Waals surface area contributed by atoms with Crippen molar-refractivity contribution in [3.05, 3.63) is 42.0 Å². The number of carbonyl (C=O) groups excluding carboxylic acids is 1. The molecule has 0 spiro atoms. The Morgan fingerprint density at radius 1 is 0.962 bits per heavy atom. The lowest BCUT2D eigenvalue weighted by Gasteiger charge is -2.26. The number of carbonyl (C=O) groups is 1. The summed E-state index contributed by atoms with van der Waals surface area (Å²) in [5.41, 5.74) is 0.440. The van der Waals surface area contributed by atoms with Gasteiger partial charge < -0.3 is 9.47 Å². The summed E-state index contributed by atoms with van der Waals surface area (Å²) in [4.78, 5) is 12.0. The highest BCUT2D eigenvalue weighted by molar-refractivity contribution is 5.86. The number of benzene rings is 2. The first-order chi connectivity index (χ1) is 12.0. The maximum absolute atomic E-state index is 13.2. The first-order valence-electron chi connectivity index (χ1n) is 7.70. The molecule has 0 saturated heterocycles. The van der Waals surface area contributed by atoms with Crippen molar-refractivity contribution in [1.29, 1.82) is 0 Å². The zero-order chi connectivity index (χ0) is 19.7. The van der Waals surface area contributed by atoms with Crippen LogP contribution < -0.4 is 4.74 Å². The third kappa shape index (κ3) is 3.89. The van der Waals surface area contributed by atoms with Crippen molar-refractivity contribution >= 4 is 16.7 Å². The van der Waals surface area contributed by atoms with Crippen molar-refractivity contribution in [2.75, 3.05) is 7.11 Å². The third-order valence-corrected chi connectivity index (χ3v) is 4.11. The van der Waals surface area contributed by atoms with Crippen LogP contribution in [0.15, 0.2) is 36.4 Å². The highest BCUT2D eigenvalue weighted by atomic mass is 19.4. The Labute approximate surface area is 146 Å². The number of esters is 1. The Morgan fingerprint density at radius 2 is 1.54 bits per heavy atom. The van der Waals surface area contributed by atoms with Gasteiger partial charge in [0.05, 0.1) is 13.0 Å². The van der Waals surface area contributed by atoms with Crippen LogP contribution in [0.4, 0.5) is 22.0 Å². The van der Waals surface area contributed by atoms with Gasteiger partial charge in [0, 0.05) is 0 Å². The molecular weight excluding hydrogens is 359 g/mol. The number of alkyl halides is 5. The number of ether oxygens (including phenoxy) is 2. The average Bonchev–Trinajstić information content (AvgIpc) is 2.58. The second-order valence-corrected chi connectivity index (χ2v) is 5.89. The van der Waals surface area contributed by atoms with Gasteiger partial charge in [-0.2, -0.15) is 22.0 Å². The van der Waals surface area contributed by atoms with Crippen LogP contribution in [0.5, 0.6) is 5.75 Å². The van der Waals surface area contributed by atoms with Crippen LogP contribution in [0.1, 0.15) is 25.3 Å². The molecule has 0 radical (unpaired) electrons. The van der Waals surface area contributed by atoms with Crippen molar-refractivity contribution in [2.24, 2.45) is 0 Å². The van der Waals surface area contributed by atoms with Gasteiger partial charge in [0.1, 0.15) is 5.75 Å². The van der Waals surface area contributed by atoms with E-state index in [2.05, 4.69) is 4.74 Å². The van der Waals surface area contributed by atoms with Gasteiger partial charge in [-0.05, 0) is 42.3 Å². The summed E-state index contributed by atoms with van der Waals surface area (Å²) in [7, 11) is 1.52. The van der Waals surface area contributed by atoms with E-state index in [-0.39, 0.29) is 0 Å². The minimum Gasteiger partial charge on any atom is -0.497 e. The Bertz CT molecular complexity index is 801. The molecule has 0 fully saturated rings. The van der Waals surface area contributed by atoms with E-state index in [0.717, 1.165) is 10.8 Å². The molecule has 26 heavy (non-hydrogen) atoms. The van der Waals surface area contributed by atoms with Crippen molar-refractivity contribution in [1.82, 2.24) is 0 Å². The van der Waals surface area contributed by atoms with E-state index < -0.39 is 30.1 Å². The standard InChI is InChI=1S/C18H17F5O3/c1-10(16(24)26-11(2)17(19,20)18(21,22)23)12-4-5-14-9-15(25-3)7-6-13(14)8-12/h4-11H,1-3H3/t10?,11-/m0/s1. The predicted molar refractivity (Wildman–Crippen MR) is 85.5 cm³/mol. The Kier molecular flexibility index (Phi) is 5.44. The Morgan fingerprint density at radius 3 is 2.12 bits per heavy atom. The van der Waals surface area contributed by atoms with E-state index in [4.69, 9.17) is 4.74 Å². The van der Waals surface area contributed by atoms with E-state index in [1.807, 2.05) is 0 Å².